The zero-order valence-electron chi connectivity index (χ0n) is 6.59. The molecular weight excluding hydrogens is 138 g/mol. The van der Waals surface area contributed by atoms with Gasteiger partial charge in [0.25, 0.3) is 0 Å². The van der Waals surface area contributed by atoms with Gasteiger partial charge in [-0.05, 0) is 6.92 Å². The van der Waals surface area contributed by atoms with Crippen LogP contribution in [0.15, 0.2) is 12.1 Å². The molecule has 0 spiro atoms. The Hall–Kier alpha value is -1.49. The van der Waals surface area contributed by atoms with Crippen LogP contribution >= 0.6 is 0 Å². The predicted molar refractivity (Wildman–Crippen MR) is 43.5 cm³/mol. The van der Waals surface area contributed by atoms with Crippen LogP contribution in [0, 0.1) is 19.3 Å². The Morgan fingerprint density at radius 3 is 2.82 bits per heavy atom. The van der Waals surface area contributed by atoms with Gasteiger partial charge >= 0.3 is 0 Å². The van der Waals surface area contributed by atoms with Crippen LogP contribution in [0.4, 0.5) is 0 Å². The summed E-state index contributed by atoms with van der Waals surface area (Å²) < 4.78 is 5.00. The van der Waals surface area contributed by atoms with Crippen molar-refractivity contribution in [2.75, 3.05) is 7.11 Å². The SMILES string of the molecule is C#Cc1cc(OC)cc(C)n1. The van der Waals surface area contributed by atoms with E-state index in [0.29, 0.717) is 5.69 Å². The van der Waals surface area contributed by atoms with Crippen LogP contribution in [0.2, 0.25) is 0 Å². The normalized spacial score (nSPS) is 8.82. The summed E-state index contributed by atoms with van der Waals surface area (Å²) in [6.45, 7) is 1.88. The second-order valence-electron chi connectivity index (χ2n) is 2.18. The van der Waals surface area contributed by atoms with Gasteiger partial charge < -0.3 is 4.74 Å². The maximum atomic E-state index is 5.17. The minimum Gasteiger partial charge on any atom is -0.497 e. The van der Waals surface area contributed by atoms with E-state index in [0.717, 1.165) is 11.4 Å². The summed E-state index contributed by atoms with van der Waals surface area (Å²) >= 11 is 0. The molecule has 1 heterocycles. The molecule has 0 bridgehead atoms. The van der Waals surface area contributed by atoms with E-state index in [1.54, 1.807) is 13.2 Å². The van der Waals surface area contributed by atoms with Crippen LogP contribution in [0.1, 0.15) is 11.4 Å². The molecule has 0 aromatic carbocycles. The Labute approximate surface area is 66.2 Å². The highest BCUT2D eigenvalue weighted by Gasteiger charge is 1.95. The Balaban J connectivity index is 3.15. The van der Waals surface area contributed by atoms with Crippen LogP contribution in [-0.4, -0.2) is 12.1 Å². The number of aromatic nitrogens is 1. The van der Waals surface area contributed by atoms with Crippen LogP contribution in [-0.2, 0) is 0 Å². The Bertz CT molecular complexity index is 299. The molecular formula is C9H9NO. The predicted octanol–water partition coefficient (Wildman–Crippen LogP) is 1.38. The first-order valence-corrected chi connectivity index (χ1v) is 3.25. The fourth-order valence-corrected chi connectivity index (χ4v) is 0.829. The van der Waals surface area contributed by atoms with E-state index in [-0.39, 0.29) is 0 Å². The van der Waals surface area contributed by atoms with Crippen LogP contribution < -0.4 is 4.74 Å². The average Bonchev–Trinajstić information content (AvgIpc) is 2.03. The molecule has 0 atom stereocenters. The van der Waals surface area contributed by atoms with E-state index < -0.39 is 0 Å². The first-order chi connectivity index (χ1) is 5.26. The Morgan fingerprint density at radius 1 is 1.55 bits per heavy atom. The highest BCUT2D eigenvalue weighted by molar-refractivity contribution is 5.34. The Morgan fingerprint density at radius 2 is 2.27 bits per heavy atom. The van der Waals surface area contributed by atoms with Crippen LogP contribution in [0.3, 0.4) is 0 Å². The molecule has 2 heteroatoms. The van der Waals surface area contributed by atoms with Crippen molar-refractivity contribution in [2.24, 2.45) is 0 Å². The first kappa shape index (κ1) is 7.62. The number of ether oxygens (including phenoxy) is 1. The summed E-state index contributed by atoms with van der Waals surface area (Å²) in [7, 11) is 1.61. The van der Waals surface area contributed by atoms with Crippen LogP contribution in [0.25, 0.3) is 0 Å². The summed E-state index contributed by atoms with van der Waals surface area (Å²) in [5.74, 6) is 3.21. The molecule has 1 aromatic rings. The molecule has 0 amide bonds. The van der Waals surface area contributed by atoms with Crippen molar-refractivity contribution in [2.45, 2.75) is 6.92 Å². The molecule has 0 aliphatic heterocycles. The lowest BCUT2D eigenvalue weighted by Crippen LogP contribution is -1.90. The molecule has 56 valence electrons. The average molecular weight is 147 g/mol. The topological polar surface area (TPSA) is 22.1 Å². The van der Waals surface area contributed by atoms with E-state index in [2.05, 4.69) is 10.9 Å². The molecule has 0 fully saturated rings. The van der Waals surface area contributed by atoms with Gasteiger partial charge in [0, 0.05) is 17.8 Å². The minimum absolute atomic E-state index is 0.613. The molecule has 0 saturated heterocycles. The van der Waals surface area contributed by atoms with Gasteiger partial charge in [-0.25, -0.2) is 4.98 Å². The maximum absolute atomic E-state index is 5.17. The largest absolute Gasteiger partial charge is 0.497 e. The lowest BCUT2D eigenvalue weighted by Gasteiger charge is -2.00. The second kappa shape index (κ2) is 3.07. The molecule has 11 heavy (non-hydrogen) atoms. The molecule has 0 radical (unpaired) electrons. The molecule has 0 aliphatic carbocycles. The third-order valence-electron chi connectivity index (χ3n) is 1.31. The minimum atomic E-state index is 0.613. The molecule has 2 nitrogen and oxygen atoms in total. The van der Waals surface area contributed by atoms with E-state index in [4.69, 9.17) is 11.2 Å². The van der Waals surface area contributed by atoms with Gasteiger partial charge in [0.2, 0.25) is 0 Å². The third kappa shape index (κ3) is 1.71. The number of rotatable bonds is 1. The monoisotopic (exact) mass is 147 g/mol. The fourth-order valence-electron chi connectivity index (χ4n) is 0.829. The molecule has 1 rings (SSSR count). The van der Waals surface area contributed by atoms with Crippen molar-refractivity contribution in [3.63, 3.8) is 0 Å². The van der Waals surface area contributed by atoms with Gasteiger partial charge in [-0.2, -0.15) is 0 Å². The van der Waals surface area contributed by atoms with Crippen molar-refractivity contribution in [3.05, 3.63) is 23.5 Å². The van der Waals surface area contributed by atoms with Crippen molar-refractivity contribution < 1.29 is 4.74 Å². The highest BCUT2D eigenvalue weighted by atomic mass is 16.5. The smallest absolute Gasteiger partial charge is 0.123 e. The van der Waals surface area contributed by atoms with Gasteiger partial charge in [0.1, 0.15) is 11.4 Å². The van der Waals surface area contributed by atoms with Gasteiger partial charge in [-0.1, -0.05) is 5.92 Å². The quantitative estimate of drug-likeness (QED) is 0.560. The van der Waals surface area contributed by atoms with Gasteiger partial charge in [-0.3, -0.25) is 0 Å². The van der Waals surface area contributed by atoms with Gasteiger partial charge in [0.05, 0.1) is 7.11 Å². The zero-order valence-corrected chi connectivity index (χ0v) is 6.59. The molecule has 0 N–H and O–H groups in total. The lowest BCUT2D eigenvalue weighted by molar-refractivity contribution is 0.413. The first-order valence-electron chi connectivity index (χ1n) is 3.25. The van der Waals surface area contributed by atoms with E-state index >= 15 is 0 Å². The van der Waals surface area contributed by atoms with Gasteiger partial charge in [-0.15, -0.1) is 6.42 Å². The number of hydrogen-bond donors (Lipinski definition) is 0. The molecule has 0 unspecified atom stereocenters. The fraction of sp³-hybridized carbons (Fsp3) is 0.222. The zero-order chi connectivity index (χ0) is 8.27. The standard InChI is InChI=1S/C9H9NO/c1-4-8-6-9(11-3)5-7(2)10-8/h1,5-6H,2-3H3. The molecule has 1 aromatic heterocycles. The number of methoxy groups -OCH3 is 1. The number of aryl methyl sites for hydroxylation is 1. The van der Waals surface area contributed by atoms with E-state index in [1.165, 1.54) is 0 Å². The van der Waals surface area contributed by atoms with E-state index in [1.807, 2.05) is 13.0 Å². The van der Waals surface area contributed by atoms with Crippen molar-refractivity contribution in [3.8, 4) is 18.1 Å². The molecule has 0 saturated carbocycles. The van der Waals surface area contributed by atoms with Crippen molar-refractivity contribution in [1.29, 1.82) is 0 Å². The summed E-state index contributed by atoms with van der Waals surface area (Å²) in [5, 5.41) is 0. The van der Waals surface area contributed by atoms with Gasteiger partial charge in [0.15, 0.2) is 0 Å². The third-order valence-corrected chi connectivity index (χ3v) is 1.31. The lowest BCUT2D eigenvalue weighted by atomic mass is 10.3. The summed E-state index contributed by atoms with van der Waals surface area (Å²) in [5.41, 5.74) is 1.49. The number of terminal acetylenes is 1. The van der Waals surface area contributed by atoms with Crippen molar-refractivity contribution >= 4 is 0 Å². The highest BCUT2D eigenvalue weighted by Crippen LogP contribution is 2.11. The number of hydrogen-bond acceptors (Lipinski definition) is 2. The summed E-state index contributed by atoms with van der Waals surface area (Å²) in [6, 6.07) is 3.56. The summed E-state index contributed by atoms with van der Waals surface area (Å²) in [4.78, 5) is 4.08. The number of pyridine rings is 1. The van der Waals surface area contributed by atoms with Crippen molar-refractivity contribution in [1.82, 2.24) is 4.98 Å². The molecule has 0 aliphatic rings. The number of nitrogens with zero attached hydrogens (tertiary/aromatic N) is 1. The maximum Gasteiger partial charge on any atom is 0.123 e. The van der Waals surface area contributed by atoms with Crippen LogP contribution in [0.5, 0.6) is 5.75 Å². The second-order valence-corrected chi connectivity index (χ2v) is 2.18. The van der Waals surface area contributed by atoms with E-state index in [9.17, 15) is 0 Å². The Kier molecular flexibility index (Phi) is 2.12. The summed E-state index contributed by atoms with van der Waals surface area (Å²) in [6.07, 6.45) is 5.17.